The number of hydrogen-bond donors (Lipinski definition) is 1. The van der Waals surface area contributed by atoms with Crippen molar-refractivity contribution in [2.24, 2.45) is 5.92 Å². The molecular weight excluding hydrogens is 240 g/mol. The summed E-state index contributed by atoms with van der Waals surface area (Å²) < 4.78 is 0. The average molecular weight is 266 g/mol. The van der Waals surface area contributed by atoms with E-state index < -0.39 is 0 Å². The molecule has 1 aliphatic rings. The van der Waals surface area contributed by atoms with Crippen LogP contribution in [0.15, 0.2) is 12.1 Å². The highest BCUT2D eigenvalue weighted by atomic mass is 32.1. The molecule has 0 amide bonds. The summed E-state index contributed by atoms with van der Waals surface area (Å²) in [4.78, 5) is 5.58. The van der Waals surface area contributed by atoms with Crippen LogP contribution in [0.3, 0.4) is 0 Å². The minimum atomic E-state index is 0.641. The van der Waals surface area contributed by atoms with Gasteiger partial charge in [-0.15, -0.1) is 11.3 Å². The van der Waals surface area contributed by atoms with E-state index in [0.29, 0.717) is 6.04 Å². The molecule has 1 saturated heterocycles. The zero-order chi connectivity index (χ0) is 13.0. The summed E-state index contributed by atoms with van der Waals surface area (Å²) in [5.74, 6) is 0.884. The molecule has 0 unspecified atom stereocenters. The lowest BCUT2D eigenvalue weighted by Gasteiger charge is -2.32. The summed E-state index contributed by atoms with van der Waals surface area (Å²) in [6.07, 6.45) is 2.68. The lowest BCUT2D eigenvalue weighted by molar-refractivity contribution is 0.163. The quantitative estimate of drug-likeness (QED) is 0.880. The van der Waals surface area contributed by atoms with Gasteiger partial charge in [0, 0.05) is 28.9 Å². The topological polar surface area (TPSA) is 15.3 Å². The number of hydrogen-bond acceptors (Lipinski definition) is 3. The van der Waals surface area contributed by atoms with E-state index in [2.05, 4.69) is 43.1 Å². The van der Waals surface area contributed by atoms with E-state index >= 15 is 0 Å². The maximum absolute atomic E-state index is 3.45. The Bertz CT molecular complexity index is 353. The molecule has 0 aromatic carbocycles. The fourth-order valence-electron chi connectivity index (χ4n) is 2.62. The molecule has 0 aliphatic carbocycles. The third-order valence-electron chi connectivity index (χ3n) is 3.84. The van der Waals surface area contributed by atoms with E-state index in [1.165, 1.54) is 42.2 Å². The van der Waals surface area contributed by atoms with Gasteiger partial charge in [0.2, 0.25) is 0 Å². The zero-order valence-electron chi connectivity index (χ0n) is 11.9. The first-order valence-electron chi connectivity index (χ1n) is 7.15. The molecule has 3 heteroatoms. The van der Waals surface area contributed by atoms with Gasteiger partial charge in [-0.05, 0) is 64.8 Å². The van der Waals surface area contributed by atoms with Crippen molar-refractivity contribution in [1.29, 1.82) is 0 Å². The molecule has 0 atom stereocenters. The Kier molecular flexibility index (Phi) is 5.22. The van der Waals surface area contributed by atoms with Crippen LogP contribution < -0.4 is 5.32 Å². The fourth-order valence-corrected chi connectivity index (χ4v) is 3.54. The van der Waals surface area contributed by atoms with Crippen LogP contribution in [0, 0.1) is 12.8 Å². The van der Waals surface area contributed by atoms with Gasteiger partial charge in [0.15, 0.2) is 0 Å². The van der Waals surface area contributed by atoms with E-state index in [0.717, 1.165) is 12.5 Å². The molecule has 1 aromatic rings. The van der Waals surface area contributed by atoms with E-state index in [1.807, 2.05) is 11.3 Å². The molecule has 1 N–H and O–H groups in total. The Hall–Kier alpha value is -0.380. The van der Waals surface area contributed by atoms with Gasteiger partial charge < -0.3 is 5.32 Å². The highest BCUT2D eigenvalue weighted by Crippen LogP contribution is 2.21. The van der Waals surface area contributed by atoms with Crippen LogP contribution in [0.25, 0.3) is 0 Å². The predicted octanol–water partition coefficient (Wildman–Crippen LogP) is 3.27. The Balaban J connectivity index is 1.90. The third-order valence-corrected chi connectivity index (χ3v) is 4.82. The summed E-state index contributed by atoms with van der Waals surface area (Å²) in [5.41, 5.74) is 0. The van der Waals surface area contributed by atoms with Gasteiger partial charge in [-0.1, -0.05) is 0 Å². The summed E-state index contributed by atoms with van der Waals surface area (Å²) in [7, 11) is 0. The highest BCUT2D eigenvalue weighted by molar-refractivity contribution is 7.11. The first-order chi connectivity index (χ1) is 8.65. The van der Waals surface area contributed by atoms with Crippen molar-refractivity contribution >= 4 is 11.3 Å². The Labute approximate surface area is 115 Å². The normalized spacial score (nSPS) is 17.8. The van der Waals surface area contributed by atoms with E-state index in [-0.39, 0.29) is 0 Å². The van der Waals surface area contributed by atoms with Gasteiger partial charge in [-0.25, -0.2) is 0 Å². The van der Waals surface area contributed by atoms with Crippen LogP contribution in [0.4, 0.5) is 0 Å². The molecule has 0 saturated carbocycles. The number of aryl methyl sites for hydroxylation is 1. The van der Waals surface area contributed by atoms with Gasteiger partial charge in [-0.3, -0.25) is 4.90 Å². The number of nitrogens with one attached hydrogen (secondary N) is 1. The largest absolute Gasteiger partial charge is 0.317 e. The number of thiophene rings is 1. The SMILES string of the molecule is Cc1ccc(CN(CC2CCNCC2)C(C)C)s1. The molecule has 2 rings (SSSR count). The van der Waals surface area contributed by atoms with Crippen molar-refractivity contribution in [3.05, 3.63) is 21.9 Å². The standard InChI is InChI=1S/C15H26N2S/c1-12(2)17(10-14-6-8-16-9-7-14)11-15-5-4-13(3)18-15/h4-5,12,14,16H,6-11H2,1-3H3. The minimum absolute atomic E-state index is 0.641. The van der Waals surface area contributed by atoms with Crippen LogP contribution in [0.1, 0.15) is 36.4 Å². The third kappa shape index (κ3) is 4.08. The summed E-state index contributed by atoms with van der Waals surface area (Å²) in [6, 6.07) is 5.17. The molecule has 0 bridgehead atoms. The molecular formula is C15H26N2S. The highest BCUT2D eigenvalue weighted by Gasteiger charge is 2.19. The van der Waals surface area contributed by atoms with Crippen molar-refractivity contribution in [3.63, 3.8) is 0 Å². The minimum Gasteiger partial charge on any atom is -0.317 e. The molecule has 2 nitrogen and oxygen atoms in total. The lowest BCUT2D eigenvalue weighted by atomic mass is 9.97. The number of piperidine rings is 1. The van der Waals surface area contributed by atoms with E-state index in [9.17, 15) is 0 Å². The van der Waals surface area contributed by atoms with Crippen LogP contribution >= 0.6 is 11.3 Å². The smallest absolute Gasteiger partial charge is 0.0330 e. The van der Waals surface area contributed by atoms with Crippen molar-refractivity contribution in [1.82, 2.24) is 10.2 Å². The predicted molar refractivity (Wildman–Crippen MR) is 80.2 cm³/mol. The van der Waals surface area contributed by atoms with Gasteiger partial charge >= 0.3 is 0 Å². The molecule has 102 valence electrons. The second-order valence-electron chi connectivity index (χ2n) is 5.73. The summed E-state index contributed by atoms with van der Waals surface area (Å²) >= 11 is 1.94. The average Bonchev–Trinajstić information content (AvgIpc) is 2.75. The molecule has 2 heterocycles. The Morgan fingerprint density at radius 1 is 1.33 bits per heavy atom. The lowest BCUT2D eigenvalue weighted by Crippen LogP contribution is -2.38. The van der Waals surface area contributed by atoms with Crippen molar-refractivity contribution in [3.8, 4) is 0 Å². The van der Waals surface area contributed by atoms with Crippen molar-refractivity contribution in [2.75, 3.05) is 19.6 Å². The van der Waals surface area contributed by atoms with Crippen LogP contribution in [-0.4, -0.2) is 30.6 Å². The monoisotopic (exact) mass is 266 g/mol. The van der Waals surface area contributed by atoms with Gasteiger partial charge in [-0.2, -0.15) is 0 Å². The molecule has 18 heavy (non-hydrogen) atoms. The number of rotatable bonds is 5. The maximum Gasteiger partial charge on any atom is 0.0330 e. The number of nitrogens with zero attached hydrogens (tertiary/aromatic N) is 1. The first kappa shape index (κ1) is 14.0. The van der Waals surface area contributed by atoms with Crippen molar-refractivity contribution < 1.29 is 0 Å². The van der Waals surface area contributed by atoms with Gasteiger partial charge in [0.25, 0.3) is 0 Å². The molecule has 0 radical (unpaired) electrons. The Morgan fingerprint density at radius 3 is 2.61 bits per heavy atom. The molecule has 1 fully saturated rings. The second-order valence-corrected chi connectivity index (χ2v) is 7.10. The fraction of sp³-hybridized carbons (Fsp3) is 0.733. The summed E-state index contributed by atoms with van der Waals surface area (Å²) in [6.45, 7) is 11.6. The Morgan fingerprint density at radius 2 is 2.06 bits per heavy atom. The van der Waals surface area contributed by atoms with Crippen LogP contribution in [0.2, 0.25) is 0 Å². The van der Waals surface area contributed by atoms with Crippen LogP contribution in [0.5, 0.6) is 0 Å². The van der Waals surface area contributed by atoms with Crippen molar-refractivity contribution in [2.45, 2.75) is 46.2 Å². The van der Waals surface area contributed by atoms with E-state index in [4.69, 9.17) is 0 Å². The molecule has 0 spiro atoms. The first-order valence-corrected chi connectivity index (χ1v) is 7.97. The summed E-state index contributed by atoms with van der Waals surface area (Å²) in [5, 5.41) is 3.45. The molecule has 1 aliphatic heterocycles. The van der Waals surface area contributed by atoms with Gasteiger partial charge in [0.1, 0.15) is 0 Å². The van der Waals surface area contributed by atoms with E-state index in [1.54, 1.807) is 0 Å². The molecule has 1 aromatic heterocycles. The second kappa shape index (κ2) is 6.69. The maximum atomic E-state index is 3.45. The van der Waals surface area contributed by atoms with Gasteiger partial charge in [0.05, 0.1) is 0 Å². The zero-order valence-corrected chi connectivity index (χ0v) is 12.7. The van der Waals surface area contributed by atoms with Crippen LogP contribution in [-0.2, 0) is 6.54 Å².